The number of aryl methyl sites for hydroxylation is 1. The number of nitrogens with one attached hydrogen (secondary N) is 2. The fourth-order valence-electron chi connectivity index (χ4n) is 1.78. The lowest BCUT2D eigenvalue weighted by Gasteiger charge is -2.07. The van der Waals surface area contributed by atoms with Crippen LogP contribution < -0.4 is 5.32 Å². The van der Waals surface area contributed by atoms with Crippen LogP contribution >= 0.6 is 0 Å². The highest BCUT2D eigenvalue weighted by Crippen LogP contribution is 2.16. The lowest BCUT2D eigenvalue weighted by Crippen LogP contribution is -2.04. The first-order valence-electron chi connectivity index (χ1n) is 5.62. The molecule has 6 heteroatoms. The van der Waals surface area contributed by atoms with Gasteiger partial charge in [0.2, 0.25) is 0 Å². The van der Waals surface area contributed by atoms with E-state index in [0.29, 0.717) is 12.2 Å². The Labute approximate surface area is 104 Å². The monoisotopic (exact) mass is 240 g/mol. The highest BCUT2D eigenvalue weighted by atomic mass is 15.1. The van der Waals surface area contributed by atoms with E-state index in [1.165, 1.54) is 11.9 Å². The predicted molar refractivity (Wildman–Crippen MR) is 68.0 cm³/mol. The molecule has 3 heterocycles. The molecule has 90 valence electrons. The molecule has 0 spiro atoms. The first-order chi connectivity index (χ1) is 8.84. The van der Waals surface area contributed by atoms with Crippen molar-refractivity contribution in [3.8, 4) is 0 Å². The average Bonchev–Trinajstić information content (AvgIpc) is 2.86. The van der Waals surface area contributed by atoms with Gasteiger partial charge in [0.15, 0.2) is 11.5 Å². The minimum absolute atomic E-state index is 0.666. The summed E-state index contributed by atoms with van der Waals surface area (Å²) in [5.41, 5.74) is 3.83. The van der Waals surface area contributed by atoms with Crippen molar-refractivity contribution in [2.45, 2.75) is 13.5 Å². The van der Waals surface area contributed by atoms with Crippen LogP contribution in [0, 0.1) is 6.92 Å². The number of nitrogens with zero attached hydrogens (tertiary/aromatic N) is 4. The number of anilines is 1. The molecule has 0 amide bonds. The molecule has 0 fully saturated rings. The Hall–Kier alpha value is -2.50. The maximum absolute atomic E-state index is 4.21. The molecule has 0 radical (unpaired) electrons. The van der Waals surface area contributed by atoms with Gasteiger partial charge in [-0.3, -0.25) is 4.98 Å². The molecule has 2 N–H and O–H groups in total. The van der Waals surface area contributed by atoms with Gasteiger partial charge in [-0.2, -0.15) is 0 Å². The van der Waals surface area contributed by atoms with E-state index >= 15 is 0 Å². The molecular weight excluding hydrogens is 228 g/mol. The van der Waals surface area contributed by atoms with E-state index in [9.17, 15) is 0 Å². The van der Waals surface area contributed by atoms with Gasteiger partial charge in [-0.25, -0.2) is 15.0 Å². The van der Waals surface area contributed by atoms with Gasteiger partial charge in [0.25, 0.3) is 0 Å². The molecule has 0 aromatic carbocycles. The summed E-state index contributed by atoms with van der Waals surface area (Å²) in [5, 5.41) is 3.28. The molecule has 18 heavy (non-hydrogen) atoms. The summed E-state index contributed by atoms with van der Waals surface area (Å²) >= 11 is 0. The molecule has 6 nitrogen and oxygen atoms in total. The fraction of sp³-hybridized carbons (Fsp3) is 0.167. The number of hydrogen-bond acceptors (Lipinski definition) is 5. The average molecular weight is 240 g/mol. The largest absolute Gasteiger partial charge is 0.364 e. The number of H-pyrrole nitrogens is 1. The van der Waals surface area contributed by atoms with Gasteiger partial charge in [0.05, 0.1) is 6.33 Å². The Balaban J connectivity index is 1.85. The molecule has 0 saturated carbocycles. The van der Waals surface area contributed by atoms with Crippen molar-refractivity contribution in [3.63, 3.8) is 0 Å². The third-order valence-corrected chi connectivity index (χ3v) is 2.81. The number of rotatable bonds is 3. The molecule has 0 atom stereocenters. The van der Waals surface area contributed by atoms with E-state index in [1.54, 1.807) is 12.5 Å². The topological polar surface area (TPSA) is 79.4 Å². The number of hydrogen-bond donors (Lipinski definition) is 2. The molecule has 3 aromatic rings. The summed E-state index contributed by atoms with van der Waals surface area (Å²) < 4.78 is 0. The van der Waals surface area contributed by atoms with Crippen molar-refractivity contribution in [1.82, 2.24) is 24.9 Å². The zero-order valence-electron chi connectivity index (χ0n) is 9.88. The minimum atomic E-state index is 0.666. The summed E-state index contributed by atoms with van der Waals surface area (Å²) in [5.74, 6) is 0.758. The zero-order valence-corrected chi connectivity index (χ0v) is 9.88. The number of fused-ring (bicyclic) bond motifs is 1. The second-order valence-electron chi connectivity index (χ2n) is 3.98. The standard InChI is InChI=1S/C12H12N6/c1-8-4-13-3-2-9(8)5-14-11-10-12(16-6-15-10)18-7-17-11/h2-4,6-7H,5H2,1H3,(H2,14,15,16,17,18). The van der Waals surface area contributed by atoms with Crippen molar-refractivity contribution in [2.75, 3.05) is 5.32 Å². The van der Waals surface area contributed by atoms with E-state index in [1.807, 2.05) is 19.2 Å². The molecule has 0 aliphatic heterocycles. The summed E-state index contributed by atoms with van der Waals surface area (Å²) in [6.07, 6.45) is 6.76. The second kappa shape index (κ2) is 4.40. The Morgan fingerprint density at radius 2 is 2.22 bits per heavy atom. The van der Waals surface area contributed by atoms with Gasteiger partial charge >= 0.3 is 0 Å². The van der Waals surface area contributed by atoms with Gasteiger partial charge in [0, 0.05) is 18.9 Å². The molecule has 3 rings (SSSR count). The molecule has 0 bridgehead atoms. The lowest BCUT2D eigenvalue weighted by atomic mass is 10.1. The molecule has 0 saturated heterocycles. The Morgan fingerprint density at radius 3 is 3.11 bits per heavy atom. The van der Waals surface area contributed by atoms with Crippen molar-refractivity contribution in [1.29, 1.82) is 0 Å². The van der Waals surface area contributed by atoms with Crippen LogP contribution in [0.1, 0.15) is 11.1 Å². The van der Waals surface area contributed by atoms with Crippen LogP contribution in [0.4, 0.5) is 5.82 Å². The number of aromatic nitrogens is 5. The van der Waals surface area contributed by atoms with Crippen LogP contribution in [0.2, 0.25) is 0 Å². The normalized spacial score (nSPS) is 10.7. The summed E-state index contributed by atoms with van der Waals surface area (Å²) in [6, 6.07) is 1.99. The van der Waals surface area contributed by atoms with Crippen molar-refractivity contribution < 1.29 is 0 Å². The van der Waals surface area contributed by atoms with E-state index in [0.717, 1.165) is 16.9 Å². The van der Waals surface area contributed by atoms with Crippen LogP contribution in [0.5, 0.6) is 0 Å². The van der Waals surface area contributed by atoms with Crippen LogP contribution in [0.25, 0.3) is 11.2 Å². The van der Waals surface area contributed by atoms with Crippen LogP contribution in [0.3, 0.4) is 0 Å². The van der Waals surface area contributed by atoms with Crippen LogP contribution in [-0.2, 0) is 6.54 Å². The van der Waals surface area contributed by atoms with Crippen molar-refractivity contribution in [3.05, 3.63) is 42.2 Å². The number of pyridine rings is 1. The molecular formula is C12H12N6. The fourth-order valence-corrected chi connectivity index (χ4v) is 1.78. The van der Waals surface area contributed by atoms with Gasteiger partial charge < -0.3 is 10.3 Å². The Morgan fingerprint density at radius 1 is 1.28 bits per heavy atom. The second-order valence-corrected chi connectivity index (χ2v) is 3.98. The SMILES string of the molecule is Cc1cnccc1CNc1ncnc2nc[nH]c12. The number of aromatic amines is 1. The van der Waals surface area contributed by atoms with Gasteiger partial charge in [-0.05, 0) is 24.1 Å². The molecule has 0 unspecified atom stereocenters. The highest BCUT2D eigenvalue weighted by molar-refractivity contribution is 5.81. The molecule has 3 aromatic heterocycles. The smallest absolute Gasteiger partial charge is 0.182 e. The molecule has 0 aliphatic rings. The van der Waals surface area contributed by atoms with Crippen molar-refractivity contribution >= 4 is 17.0 Å². The Kier molecular flexibility index (Phi) is 2.60. The first kappa shape index (κ1) is 10.6. The highest BCUT2D eigenvalue weighted by Gasteiger charge is 2.05. The van der Waals surface area contributed by atoms with Crippen LogP contribution in [0.15, 0.2) is 31.1 Å². The van der Waals surface area contributed by atoms with Gasteiger partial charge in [0.1, 0.15) is 11.8 Å². The van der Waals surface area contributed by atoms with E-state index in [-0.39, 0.29) is 0 Å². The zero-order chi connectivity index (χ0) is 12.4. The van der Waals surface area contributed by atoms with Gasteiger partial charge in [-0.1, -0.05) is 0 Å². The predicted octanol–water partition coefficient (Wildman–Crippen LogP) is 1.67. The van der Waals surface area contributed by atoms with Gasteiger partial charge in [-0.15, -0.1) is 0 Å². The maximum atomic E-state index is 4.21. The lowest BCUT2D eigenvalue weighted by molar-refractivity contribution is 1.06. The minimum Gasteiger partial charge on any atom is -0.364 e. The van der Waals surface area contributed by atoms with E-state index < -0.39 is 0 Å². The Bertz CT molecular complexity index is 675. The maximum Gasteiger partial charge on any atom is 0.182 e. The third-order valence-electron chi connectivity index (χ3n) is 2.81. The quantitative estimate of drug-likeness (QED) is 0.728. The van der Waals surface area contributed by atoms with Crippen molar-refractivity contribution in [2.24, 2.45) is 0 Å². The summed E-state index contributed by atoms with van der Waals surface area (Å²) in [4.78, 5) is 19.5. The number of imidazole rings is 1. The van der Waals surface area contributed by atoms with E-state index in [4.69, 9.17) is 0 Å². The first-order valence-corrected chi connectivity index (χ1v) is 5.62. The van der Waals surface area contributed by atoms with Crippen LogP contribution in [-0.4, -0.2) is 24.9 Å². The third kappa shape index (κ3) is 1.88. The summed E-state index contributed by atoms with van der Waals surface area (Å²) in [7, 11) is 0. The van der Waals surface area contributed by atoms with E-state index in [2.05, 4.69) is 30.2 Å². The summed E-state index contributed by atoms with van der Waals surface area (Å²) in [6.45, 7) is 2.73. The molecule has 0 aliphatic carbocycles.